The van der Waals surface area contributed by atoms with Crippen molar-refractivity contribution in [3.8, 4) is 11.4 Å². The van der Waals surface area contributed by atoms with E-state index in [0.717, 1.165) is 45.2 Å². The summed E-state index contributed by atoms with van der Waals surface area (Å²) in [5.41, 5.74) is 7.56. The molecule has 150 valence electrons. The summed E-state index contributed by atoms with van der Waals surface area (Å²) in [5, 5.41) is 5.71. The lowest BCUT2D eigenvalue weighted by atomic mass is 10.1. The molecule has 0 saturated carbocycles. The molecule has 5 aromatic rings. The molecule has 0 N–H and O–H groups in total. The Labute approximate surface area is 174 Å². The molecule has 6 heteroatoms. The van der Waals surface area contributed by atoms with E-state index in [-0.39, 0.29) is 0 Å². The highest BCUT2D eigenvalue weighted by Gasteiger charge is 2.19. The molecule has 0 aliphatic carbocycles. The van der Waals surface area contributed by atoms with Crippen LogP contribution in [0.5, 0.6) is 5.75 Å². The molecule has 3 heterocycles. The van der Waals surface area contributed by atoms with Crippen LogP contribution in [0.1, 0.15) is 28.2 Å². The lowest BCUT2D eigenvalue weighted by Crippen LogP contribution is -1.99. The third kappa shape index (κ3) is 2.92. The van der Waals surface area contributed by atoms with E-state index in [1.807, 2.05) is 24.3 Å². The summed E-state index contributed by atoms with van der Waals surface area (Å²) in [4.78, 5) is 9.61. The van der Waals surface area contributed by atoms with Gasteiger partial charge in [-0.15, -0.1) is 5.10 Å². The number of nitrogens with zero attached hydrogens (tertiary/aromatic N) is 5. The quantitative estimate of drug-likeness (QED) is 0.445. The van der Waals surface area contributed by atoms with Gasteiger partial charge in [-0.2, -0.15) is 0 Å². The Kier molecular flexibility index (Phi) is 4.28. The van der Waals surface area contributed by atoms with Crippen LogP contribution in [0.2, 0.25) is 0 Å². The van der Waals surface area contributed by atoms with Crippen molar-refractivity contribution >= 4 is 16.7 Å². The maximum absolute atomic E-state index is 5.24. The summed E-state index contributed by atoms with van der Waals surface area (Å²) in [7, 11) is 1.67. The van der Waals surface area contributed by atoms with Gasteiger partial charge in [0.25, 0.3) is 0 Å². The molecule has 0 bridgehead atoms. The van der Waals surface area contributed by atoms with E-state index < -0.39 is 0 Å². The fourth-order valence-electron chi connectivity index (χ4n) is 3.92. The summed E-state index contributed by atoms with van der Waals surface area (Å²) in [6.07, 6.45) is 2.41. The van der Waals surface area contributed by atoms with Crippen molar-refractivity contribution < 1.29 is 4.74 Å². The molecule has 0 spiro atoms. The van der Waals surface area contributed by atoms with Crippen LogP contribution >= 0.6 is 0 Å². The van der Waals surface area contributed by atoms with Crippen LogP contribution in [0.4, 0.5) is 0 Å². The largest absolute Gasteiger partial charge is 0.497 e. The van der Waals surface area contributed by atoms with Gasteiger partial charge >= 0.3 is 0 Å². The lowest BCUT2D eigenvalue weighted by Gasteiger charge is -2.08. The molecule has 0 radical (unpaired) electrons. The van der Waals surface area contributed by atoms with E-state index in [1.54, 1.807) is 18.0 Å². The number of ether oxygens (including phenoxy) is 1. The molecular weight excluding hydrogens is 374 g/mol. The number of aromatic nitrogens is 5. The first-order valence-corrected chi connectivity index (χ1v) is 9.97. The molecule has 0 fully saturated rings. The molecule has 6 nitrogen and oxygen atoms in total. The van der Waals surface area contributed by atoms with Crippen LogP contribution in [0.25, 0.3) is 22.4 Å². The van der Waals surface area contributed by atoms with Crippen LogP contribution in [-0.4, -0.2) is 31.3 Å². The van der Waals surface area contributed by atoms with Gasteiger partial charge in [0.1, 0.15) is 12.1 Å². The van der Waals surface area contributed by atoms with Crippen LogP contribution in [0.3, 0.4) is 0 Å². The maximum Gasteiger partial charge on any atom is 0.168 e. The van der Waals surface area contributed by atoms with Gasteiger partial charge in [-0.25, -0.2) is 14.5 Å². The molecule has 0 amide bonds. The molecule has 2 aromatic carbocycles. The summed E-state index contributed by atoms with van der Waals surface area (Å²) in [5.74, 6) is 1.62. The third-order valence-corrected chi connectivity index (χ3v) is 5.69. The van der Waals surface area contributed by atoms with E-state index >= 15 is 0 Å². The Morgan fingerprint density at radius 1 is 0.900 bits per heavy atom. The number of rotatable bonds is 4. The average Bonchev–Trinajstić information content (AvgIpc) is 3.27. The molecule has 0 saturated heterocycles. The van der Waals surface area contributed by atoms with E-state index in [1.165, 1.54) is 11.1 Å². The number of hydrogen-bond donors (Lipinski definition) is 0. The molecule has 30 heavy (non-hydrogen) atoms. The first kappa shape index (κ1) is 18.4. The van der Waals surface area contributed by atoms with E-state index in [2.05, 4.69) is 54.7 Å². The second-order valence-corrected chi connectivity index (χ2v) is 7.65. The fourth-order valence-corrected chi connectivity index (χ4v) is 3.92. The summed E-state index contributed by atoms with van der Waals surface area (Å²) < 4.78 is 9.22. The minimum atomic E-state index is 0.657. The van der Waals surface area contributed by atoms with Gasteiger partial charge in [0.05, 0.1) is 12.5 Å². The summed E-state index contributed by atoms with van der Waals surface area (Å²) >= 11 is 0. The number of methoxy groups -OCH3 is 1. The maximum atomic E-state index is 5.24. The number of benzene rings is 2. The number of aryl methyl sites for hydroxylation is 2. The van der Waals surface area contributed by atoms with Crippen LogP contribution < -0.4 is 4.74 Å². The fraction of sp³-hybridized carbons (Fsp3) is 0.208. The lowest BCUT2D eigenvalue weighted by molar-refractivity contribution is 0.414. The third-order valence-electron chi connectivity index (χ3n) is 5.69. The van der Waals surface area contributed by atoms with Gasteiger partial charge in [-0.1, -0.05) is 29.8 Å². The second kappa shape index (κ2) is 6.99. The minimum Gasteiger partial charge on any atom is -0.497 e. The molecular formula is C24H23N5O. The summed E-state index contributed by atoms with van der Waals surface area (Å²) in [6, 6.07) is 16.5. The minimum absolute atomic E-state index is 0.657. The molecule has 0 atom stereocenters. The molecule has 0 aliphatic heterocycles. The normalized spacial score (nSPS) is 11.5. The van der Waals surface area contributed by atoms with Gasteiger partial charge in [0.15, 0.2) is 17.1 Å². The Bertz CT molecular complexity index is 1360. The van der Waals surface area contributed by atoms with Gasteiger partial charge < -0.3 is 4.74 Å². The average molecular weight is 397 g/mol. The van der Waals surface area contributed by atoms with Crippen molar-refractivity contribution in [1.82, 2.24) is 24.1 Å². The van der Waals surface area contributed by atoms with Crippen molar-refractivity contribution in [2.75, 3.05) is 7.11 Å². The molecule has 0 unspecified atom stereocenters. The van der Waals surface area contributed by atoms with Gasteiger partial charge in [-0.05, 0) is 56.2 Å². The Balaban J connectivity index is 1.62. The molecule has 3 aromatic heterocycles. The smallest absolute Gasteiger partial charge is 0.168 e. The van der Waals surface area contributed by atoms with E-state index in [0.29, 0.717) is 6.42 Å². The Morgan fingerprint density at radius 3 is 2.33 bits per heavy atom. The first-order valence-electron chi connectivity index (χ1n) is 9.97. The monoisotopic (exact) mass is 397 g/mol. The second-order valence-electron chi connectivity index (χ2n) is 7.65. The molecule has 0 aliphatic rings. The van der Waals surface area contributed by atoms with E-state index in [4.69, 9.17) is 14.7 Å². The van der Waals surface area contributed by atoms with Crippen LogP contribution in [0.15, 0.2) is 54.9 Å². The van der Waals surface area contributed by atoms with Gasteiger partial charge in [0, 0.05) is 17.8 Å². The van der Waals surface area contributed by atoms with Crippen molar-refractivity contribution in [1.29, 1.82) is 0 Å². The first-order chi connectivity index (χ1) is 14.5. The zero-order valence-corrected chi connectivity index (χ0v) is 17.5. The Hall–Kier alpha value is -3.67. The number of fused-ring (bicyclic) bond motifs is 3. The van der Waals surface area contributed by atoms with Crippen molar-refractivity contribution in [3.05, 3.63) is 83.1 Å². The Morgan fingerprint density at radius 2 is 1.63 bits per heavy atom. The zero-order chi connectivity index (χ0) is 20.8. The number of hydrogen-bond acceptors (Lipinski definition) is 4. The van der Waals surface area contributed by atoms with E-state index in [9.17, 15) is 0 Å². The molecule has 5 rings (SSSR count). The topological polar surface area (TPSA) is 57.2 Å². The van der Waals surface area contributed by atoms with Crippen molar-refractivity contribution in [3.63, 3.8) is 0 Å². The predicted molar refractivity (Wildman–Crippen MR) is 118 cm³/mol. The van der Waals surface area contributed by atoms with Crippen molar-refractivity contribution in [2.24, 2.45) is 0 Å². The highest BCUT2D eigenvalue weighted by atomic mass is 16.5. The highest BCUT2D eigenvalue weighted by molar-refractivity contribution is 5.95. The van der Waals surface area contributed by atoms with Crippen molar-refractivity contribution in [2.45, 2.75) is 27.2 Å². The zero-order valence-electron chi connectivity index (χ0n) is 17.5. The highest BCUT2D eigenvalue weighted by Crippen LogP contribution is 2.30. The predicted octanol–water partition coefficient (Wildman–Crippen LogP) is 4.59. The summed E-state index contributed by atoms with van der Waals surface area (Å²) in [6.45, 7) is 6.35. The van der Waals surface area contributed by atoms with Gasteiger partial charge in [-0.3, -0.25) is 4.57 Å². The van der Waals surface area contributed by atoms with Crippen LogP contribution in [-0.2, 0) is 6.42 Å². The van der Waals surface area contributed by atoms with Gasteiger partial charge in [0.2, 0.25) is 0 Å². The SMILES string of the molecule is COc1ccc(Cc2nc3c4c(C)c(C)n(-c5ccc(C)cc5)c4ncn3n2)cc1. The van der Waals surface area contributed by atoms with Crippen LogP contribution in [0, 0.1) is 20.8 Å². The standard InChI is InChI=1S/C24H23N5O/c1-15-5-9-19(10-6-15)29-17(3)16(2)22-23(29)25-14-28-24(22)26-21(27-28)13-18-7-11-20(30-4)12-8-18/h5-12,14H,13H2,1-4H3.